The average Bonchev–Trinajstić information content (AvgIpc) is 2.85. The Balaban J connectivity index is 1.88. The van der Waals surface area contributed by atoms with E-state index in [2.05, 4.69) is 10.6 Å². The molecular formula is C26H20N2O10. The summed E-state index contributed by atoms with van der Waals surface area (Å²) in [7, 11) is 0. The van der Waals surface area contributed by atoms with Crippen molar-refractivity contribution in [3.63, 3.8) is 0 Å². The first-order valence-electron chi connectivity index (χ1n) is 10.7. The number of anilines is 2. The predicted molar refractivity (Wildman–Crippen MR) is 133 cm³/mol. The summed E-state index contributed by atoms with van der Waals surface area (Å²) in [6, 6.07) is 9.16. The molecule has 12 heteroatoms. The van der Waals surface area contributed by atoms with Crippen LogP contribution in [0.4, 0.5) is 11.4 Å². The van der Waals surface area contributed by atoms with Gasteiger partial charge in [0.05, 0.1) is 33.4 Å². The van der Waals surface area contributed by atoms with E-state index in [1.54, 1.807) is 13.8 Å². The Labute approximate surface area is 214 Å². The highest BCUT2D eigenvalue weighted by atomic mass is 16.4. The van der Waals surface area contributed by atoms with E-state index in [1.165, 1.54) is 12.1 Å². The van der Waals surface area contributed by atoms with Gasteiger partial charge in [0.25, 0.3) is 11.8 Å². The molecule has 0 saturated heterocycles. The smallest absolute Gasteiger partial charge is 0.336 e. The van der Waals surface area contributed by atoms with Crippen molar-refractivity contribution >= 4 is 47.1 Å². The van der Waals surface area contributed by atoms with Crippen molar-refractivity contribution in [1.29, 1.82) is 0 Å². The van der Waals surface area contributed by atoms with Gasteiger partial charge < -0.3 is 31.1 Å². The lowest BCUT2D eigenvalue weighted by molar-refractivity contribution is 0.0674. The highest BCUT2D eigenvalue weighted by Crippen LogP contribution is 2.26. The van der Waals surface area contributed by atoms with E-state index >= 15 is 0 Å². The molecule has 0 aliphatic carbocycles. The number of hydrogen-bond donors (Lipinski definition) is 6. The number of amides is 2. The normalized spacial score (nSPS) is 10.4. The molecule has 0 fully saturated rings. The molecule has 3 rings (SSSR count). The molecule has 0 unspecified atom stereocenters. The maximum Gasteiger partial charge on any atom is 0.336 e. The summed E-state index contributed by atoms with van der Waals surface area (Å²) in [5.41, 5.74) is -0.638. The van der Waals surface area contributed by atoms with Gasteiger partial charge in [-0.3, -0.25) is 9.59 Å². The summed E-state index contributed by atoms with van der Waals surface area (Å²) in [5.74, 6) is -7.28. The number of aryl methyl sites for hydroxylation is 2. The van der Waals surface area contributed by atoms with E-state index in [9.17, 15) is 39.0 Å². The molecule has 0 radical (unpaired) electrons. The zero-order valence-electron chi connectivity index (χ0n) is 19.9. The van der Waals surface area contributed by atoms with Crippen LogP contribution in [0.3, 0.4) is 0 Å². The molecular weight excluding hydrogens is 500 g/mol. The van der Waals surface area contributed by atoms with Crippen molar-refractivity contribution in [2.24, 2.45) is 0 Å². The molecule has 6 N–H and O–H groups in total. The second-order valence-corrected chi connectivity index (χ2v) is 8.13. The van der Waals surface area contributed by atoms with E-state index in [4.69, 9.17) is 10.2 Å². The molecule has 194 valence electrons. The lowest BCUT2D eigenvalue weighted by Gasteiger charge is -2.15. The van der Waals surface area contributed by atoms with Gasteiger partial charge in [0.1, 0.15) is 0 Å². The molecule has 0 spiro atoms. The molecule has 0 aliphatic rings. The number of carboxylic acid groups (broad SMARTS) is 4. The minimum absolute atomic E-state index is 0.261. The number of aromatic carboxylic acids is 4. The summed E-state index contributed by atoms with van der Waals surface area (Å²) in [4.78, 5) is 71.1. The van der Waals surface area contributed by atoms with E-state index in [1.807, 2.05) is 0 Å². The van der Waals surface area contributed by atoms with Crippen LogP contribution in [0.25, 0.3) is 0 Å². The Morgan fingerprint density at radius 2 is 0.842 bits per heavy atom. The zero-order valence-corrected chi connectivity index (χ0v) is 19.9. The summed E-state index contributed by atoms with van der Waals surface area (Å²) in [5, 5.41) is 42.1. The molecule has 0 saturated carbocycles. The predicted octanol–water partition coefficient (Wildman–Crippen LogP) is 3.60. The van der Waals surface area contributed by atoms with Gasteiger partial charge in [-0.2, -0.15) is 0 Å². The molecule has 2 amide bonds. The molecule has 0 bridgehead atoms. The van der Waals surface area contributed by atoms with Crippen molar-refractivity contribution < 1.29 is 49.2 Å². The second-order valence-electron chi connectivity index (χ2n) is 8.13. The number of hydrogen-bond acceptors (Lipinski definition) is 6. The molecule has 0 heterocycles. The topological polar surface area (TPSA) is 207 Å². The minimum atomic E-state index is -1.48. The molecule has 0 atom stereocenters. The highest BCUT2D eigenvalue weighted by molar-refractivity contribution is 6.13. The number of rotatable bonds is 8. The third kappa shape index (κ3) is 5.65. The van der Waals surface area contributed by atoms with E-state index < -0.39 is 46.8 Å². The average molecular weight is 520 g/mol. The van der Waals surface area contributed by atoms with Gasteiger partial charge in [0.2, 0.25) is 0 Å². The Hall–Kier alpha value is -5.52. The van der Waals surface area contributed by atoms with E-state index in [0.717, 1.165) is 36.4 Å². The van der Waals surface area contributed by atoms with Crippen LogP contribution in [-0.4, -0.2) is 56.1 Å². The lowest BCUT2D eigenvalue weighted by atomic mass is 10.0. The minimum Gasteiger partial charge on any atom is -0.478 e. The van der Waals surface area contributed by atoms with E-state index in [0.29, 0.717) is 11.1 Å². The van der Waals surface area contributed by atoms with Crippen LogP contribution in [-0.2, 0) is 0 Å². The maximum absolute atomic E-state index is 12.8. The van der Waals surface area contributed by atoms with Crippen LogP contribution >= 0.6 is 0 Å². The third-order valence-electron chi connectivity index (χ3n) is 5.55. The SMILES string of the molecule is Cc1cc(NC(=O)c2ccc(C(=O)O)cc2C(=O)O)c(C)cc1NC(=O)c1ccc(C(=O)O)cc1C(=O)O. The van der Waals surface area contributed by atoms with Gasteiger partial charge in [-0.05, 0) is 73.5 Å². The van der Waals surface area contributed by atoms with Crippen molar-refractivity contribution in [1.82, 2.24) is 0 Å². The standard InChI is InChI=1S/C26H20N2O10/c1-11-7-20(28-22(30)16-6-4-14(24(33)34)10-18(16)26(37)38)12(2)8-19(11)27-21(29)15-5-3-13(23(31)32)9-17(15)25(35)36/h3-10H,1-2H3,(H,27,29)(H,28,30)(H,31,32)(H,33,34)(H,35,36)(H,37,38). The lowest BCUT2D eigenvalue weighted by Crippen LogP contribution is -2.19. The summed E-state index contributed by atoms with van der Waals surface area (Å²) in [6.45, 7) is 3.20. The monoisotopic (exact) mass is 520 g/mol. The highest BCUT2D eigenvalue weighted by Gasteiger charge is 2.22. The number of carboxylic acids is 4. The fourth-order valence-corrected chi connectivity index (χ4v) is 3.57. The summed E-state index contributed by atoms with van der Waals surface area (Å²) < 4.78 is 0. The van der Waals surface area contributed by atoms with Crippen LogP contribution in [0.2, 0.25) is 0 Å². The molecule has 12 nitrogen and oxygen atoms in total. The van der Waals surface area contributed by atoms with Crippen LogP contribution in [0, 0.1) is 13.8 Å². The molecule has 0 aromatic heterocycles. The van der Waals surface area contributed by atoms with Gasteiger partial charge >= 0.3 is 23.9 Å². The van der Waals surface area contributed by atoms with Crippen LogP contribution in [0.1, 0.15) is 73.3 Å². The zero-order chi connectivity index (χ0) is 28.3. The Bertz CT molecular complexity index is 1430. The molecule has 0 aliphatic heterocycles. The Morgan fingerprint density at radius 1 is 0.500 bits per heavy atom. The largest absolute Gasteiger partial charge is 0.478 e. The second kappa shape index (κ2) is 10.6. The summed E-state index contributed by atoms with van der Waals surface area (Å²) >= 11 is 0. The van der Waals surface area contributed by atoms with Crippen molar-refractivity contribution in [2.45, 2.75) is 13.8 Å². The Morgan fingerprint density at radius 3 is 1.13 bits per heavy atom. The number of nitrogens with one attached hydrogen (secondary N) is 2. The van der Waals surface area contributed by atoms with Crippen molar-refractivity contribution in [3.05, 3.63) is 93.0 Å². The van der Waals surface area contributed by atoms with Gasteiger partial charge in [-0.1, -0.05) is 0 Å². The van der Waals surface area contributed by atoms with Gasteiger partial charge in [-0.15, -0.1) is 0 Å². The fraction of sp³-hybridized carbons (Fsp3) is 0.0769. The maximum atomic E-state index is 12.8. The first-order chi connectivity index (χ1) is 17.8. The van der Waals surface area contributed by atoms with Crippen LogP contribution < -0.4 is 10.6 Å². The molecule has 3 aromatic rings. The van der Waals surface area contributed by atoms with Crippen molar-refractivity contribution in [2.75, 3.05) is 10.6 Å². The first kappa shape index (κ1) is 27.1. The molecule has 3 aromatic carbocycles. The summed E-state index contributed by atoms with van der Waals surface area (Å²) in [6.07, 6.45) is 0. The van der Waals surface area contributed by atoms with E-state index in [-0.39, 0.29) is 33.6 Å². The number of carbonyl (C=O) groups excluding carboxylic acids is 2. The van der Waals surface area contributed by atoms with Gasteiger partial charge in [0.15, 0.2) is 0 Å². The van der Waals surface area contributed by atoms with Crippen molar-refractivity contribution in [3.8, 4) is 0 Å². The quantitative estimate of drug-likeness (QED) is 0.254. The van der Waals surface area contributed by atoms with Crippen LogP contribution in [0.5, 0.6) is 0 Å². The fourth-order valence-electron chi connectivity index (χ4n) is 3.57. The number of carbonyl (C=O) groups is 6. The Kier molecular flexibility index (Phi) is 7.57. The molecule has 38 heavy (non-hydrogen) atoms. The first-order valence-corrected chi connectivity index (χ1v) is 10.7. The number of benzene rings is 3. The van der Waals surface area contributed by atoms with Gasteiger partial charge in [0, 0.05) is 11.4 Å². The van der Waals surface area contributed by atoms with Crippen LogP contribution in [0.15, 0.2) is 48.5 Å². The third-order valence-corrected chi connectivity index (χ3v) is 5.55. The van der Waals surface area contributed by atoms with Gasteiger partial charge in [-0.25, -0.2) is 19.2 Å².